The lowest BCUT2D eigenvalue weighted by molar-refractivity contribution is -0.146. The van der Waals surface area contributed by atoms with E-state index in [0.717, 1.165) is 12.1 Å². The molecular formula is C8H5Cl2FO3. The minimum Gasteiger partial charge on any atom is -0.479 e. The van der Waals surface area contributed by atoms with Crippen molar-refractivity contribution < 1.29 is 19.4 Å². The first-order valence-corrected chi connectivity index (χ1v) is 4.24. The molecule has 0 saturated heterocycles. The number of hydrogen-bond acceptors (Lipinski definition) is 2. The second kappa shape index (κ2) is 4.13. The Morgan fingerprint density at radius 1 is 1.36 bits per heavy atom. The molecule has 0 aliphatic rings. The van der Waals surface area contributed by atoms with Crippen molar-refractivity contribution >= 4 is 29.2 Å². The molecule has 0 unspecified atom stereocenters. The summed E-state index contributed by atoms with van der Waals surface area (Å²) in [4.78, 5) is 10.4. The Bertz CT molecular complexity index is 358. The summed E-state index contributed by atoms with van der Waals surface area (Å²) in [6, 6.07) is 2.03. The average Bonchev–Trinajstić information content (AvgIpc) is 2.12. The molecule has 1 atom stereocenters. The molecule has 0 aliphatic heterocycles. The maximum absolute atomic E-state index is 12.9. The fraction of sp³-hybridized carbons (Fsp3) is 0.125. The van der Waals surface area contributed by atoms with Crippen LogP contribution >= 0.6 is 23.2 Å². The molecule has 0 fully saturated rings. The number of carbonyl (C=O) groups is 1. The van der Waals surface area contributed by atoms with Gasteiger partial charge in [0.05, 0.1) is 10.0 Å². The normalized spacial score (nSPS) is 12.6. The van der Waals surface area contributed by atoms with Gasteiger partial charge in [-0.1, -0.05) is 23.2 Å². The van der Waals surface area contributed by atoms with Crippen LogP contribution in [-0.4, -0.2) is 16.2 Å². The van der Waals surface area contributed by atoms with Gasteiger partial charge in [0.1, 0.15) is 0 Å². The number of hydrogen-bond donors (Lipinski definition) is 2. The van der Waals surface area contributed by atoms with Gasteiger partial charge in [-0.05, 0) is 17.7 Å². The molecular weight excluding hydrogens is 234 g/mol. The van der Waals surface area contributed by atoms with Crippen LogP contribution in [0.1, 0.15) is 11.7 Å². The SMILES string of the molecule is O=C(O)[C@@H](O)c1cc(Cl)c(F)c(Cl)c1. The lowest BCUT2D eigenvalue weighted by Gasteiger charge is -2.07. The third-order valence-corrected chi connectivity index (χ3v) is 2.11. The van der Waals surface area contributed by atoms with E-state index >= 15 is 0 Å². The maximum Gasteiger partial charge on any atom is 0.337 e. The Hall–Kier alpha value is -0.840. The summed E-state index contributed by atoms with van der Waals surface area (Å²) in [5.41, 5.74) is -0.0612. The number of carboxylic acids is 1. The summed E-state index contributed by atoms with van der Waals surface area (Å²) in [5, 5.41) is 16.9. The highest BCUT2D eigenvalue weighted by atomic mass is 35.5. The molecule has 3 nitrogen and oxygen atoms in total. The van der Waals surface area contributed by atoms with Crippen molar-refractivity contribution in [1.29, 1.82) is 0 Å². The molecule has 2 N–H and O–H groups in total. The van der Waals surface area contributed by atoms with Crippen LogP contribution in [0.4, 0.5) is 4.39 Å². The van der Waals surface area contributed by atoms with Crippen LogP contribution in [0.15, 0.2) is 12.1 Å². The van der Waals surface area contributed by atoms with E-state index in [9.17, 15) is 9.18 Å². The van der Waals surface area contributed by atoms with Crippen LogP contribution in [0, 0.1) is 5.82 Å². The second-order valence-electron chi connectivity index (χ2n) is 2.54. The molecule has 76 valence electrons. The molecule has 14 heavy (non-hydrogen) atoms. The summed E-state index contributed by atoms with van der Waals surface area (Å²) in [6.45, 7) is 0. The number of aliphatic hydroxyl groups is 1. The molecule has 0 bridgehead atoms. The Morgan fingerprint density at radius 3 is 2.14 bits per heavy atom. The summed E-state index contributed by atoms with van der Waals surface area (Å²) in [6.07, 6.45) is -1.76. The fourth-order valence-electron chi connectivity index (χ4n) is 0.876. The molecule has 0 aliphatic carbocycles. The summed E-state index contributed by atoms with van der Waals surface area (Å²) < 4.78 is 12.9. The van der Waals surface area contributed by atoms with Crippen LogP contribution < -0.4 is 0 Å². The Morgan fingerprint density at radius 2 is 1.79 bits per heavy atom. The predicted molar refractivity (Wildman–Crippen MR) is 49.0 cm³/mol. The first-order valence-electron chi connectivity index (χ1n) is 3.48. The smallest absolute Gasteiger partial charge is 0.337 e. The van der Waals surface area contributed by atoms with Crippen molar-refractivity contribution in [2.75, 3.05) is 0 Å². The third kappa shape index (κ3) is 2.15. The van der Waals surface area contributed by atoms with E-state index in [1.165, 1.54) is 0 Å². The van der Waals surface area contributed by atoms with E-state index in [4.69, 9.17) is 33.4 Å². The Kier molecular flexibility index (Phi) is 3.31. The van der Waals surface area contributed by atoms with Crippen molar-refractivity contribution in [3.63, 3.8) is 0 Å². The minimum atomic E-state index is -1.76. The molecule has 0 radical (unpaired) electrons. The van der Waals surface area contributed by atoms with Gasteiger partial charge < -0.3 is 10.2 Å². The topological polar surface area (TPSA) is 57.5 Å². The van der Waals surface area contributed by atoms with Crippen molar-refractivity contribution in [2.45, 2.75) is 6.10 Å². The molecule has 1 aromatic carbocycles. The van der Waals surface area contributed by atoms with Gasteiger partial charge in [-0.15, -0.1) is 0 Å². The van der Waals surface area contributed by atoms with Gasteiger partial charge in [0.25, 0.3) is 0 Å². The van der Waals surface area contributed by atoms with Crippen molar-refractivity contribution in [2.24, 2.45) is 0 Å². The van der Waals surface area contributed by atoms with Gasteiger partial charge in [-0.3, -0.25) is 0 Å². The zero-order valence-electron chi connectivity index (χ0n) is 6.67. The fourth-order valence-corrected chi connectivity index (χ4v) is 1.38. The first kappa shape index (κ1) is 11.2. The zero-order valence-corrected chi connectivity index (χ0v) is 8.18. The van der Waals surface area contributed by atoms with Gasteiger partial charge in [-0.2, -0.15) is 0 Å². The summed E-state index contributed by atoms with van der Waals surface area (Å²) in [7, 11) is 0. The van der Waals surface area contributed by atoms with E-state index in [1.807, 2.05) is 0 Å². The van der Waals surface area contributed by atoms with Gasteiger partial charge in [0, 0.05) is 0 Å². The highest BCUT2D eigenvalue weighted by Crippen LogP contribution is 2.27. The zero-order chi connectivity index (χ0) is 10.9. The average molecular weight is 239 g/mol. The summed E-state index contributed by atoms with van der Waals surface area (Å²) >= 11 is 10.8. The molecule has 0 spiro atoms. The number of aliphatic carboxylic acids is 1. The number of benzene rings is 1. The Labute approximate surface area is 88.7 Å². The molecule has 1 rings (SSSR count). The van der Waals surface area contributed by atoms with E-state index in [0.29, 0.717) is 0 Å². The van der Waals surface area contributed by atoms with E-state index in [-0.39, 0.29) is 15.6 Å². The molecule has 0 aromatic heterocycles. The molecule has 6 heteroatoms. The number of carboxylic acid groups (broad SMARTS) is 1. The van der Waals surface area contributed by atoms with Crippen molar-refractivity contribution in [1.82, 2.24) is 0 Å². The minimum absolute atomic E-state index is 0.0612. The number of aliphatic hydroxyl groups excluding tert-OH is 1. The van der Waals surface area contributed by atoms with Crippen LogP contribution in [0.5, 0.6) is 0 Å². The molecule has 0 heterocycles. The van der Waals surface area contributed by atoms with Gasteiger partial charge in [0.15, 0.2) is 11.9 Å². The maximum atomic E-state index is 12.9. The quantitative estimate of drug-likeness (QED) is 0.778. The summed E-state index contributed by atoms with van der Waals surface area (Å²) in [5.74, 6) is -2.29. The second-order valence-corrected chi connectivity index (χ2v) is 3.35. The standard InChI is InChI=1S/C8H5Cl2FO3/c9-4-1-3(7(12)8(13)14)2-5(10)6(4)11/h1-2,7,12H,(H,13,14)/t7-/m0/s1. The van der Waals surface area contributed by atoms with Gasteiger partial charge >= 0.3 is 5.97 Å². The Balaban J connectivity index is 3.19. The van der Waals surface area contributed by atoms with E-state index < -0.39 is 17.9 Å². The largest absolute Gasteiger partial charge is 0.479 e. The van der Waals surface area contributed by atoms with Crippen LogP contribution in [0.2, 0.25) is 10.0 Å². The highest BCUT2D eigenvalue weighted by Gasteiger charge is 2.18. The highest BCUT2D eigenvalue weighted by molar-refractivity contribution is 6.35. The lowest BCUT2D eigenvalue weighted by Crippen LogP contribution is -2.10. The molecule has 0 saturated carbocycles. The van der Waals surface area contributed by atoms with E-state index in [1.54, 1.807) is 0 Å². The van der Waals surface area contributed by atoms with E-state index in [2.05, 4.69) is 0 Å². The lowest BCUT2D eigenvalue weighted by atomic mass is 10.1. The molecule has 1 aromatic rings. The van der Waals surface area contributed by atoms with Gasteiger partial charge in [0.2, 0.25) is 0 Å². The van der Waals surface area contributed by atoms with Crippen LogP contribution in [-0.2, 0) is 4.79 Å². The first-order chi connectivity index (χ1) is 6.43. The van der Waals surface area contributed by atoms with Crippen molar-refractivity contribution in [3.05, 3.63) is 33.6 Å². The number of rotatable bonds is 2. The monoisotopic (exact) mass is 238 g/mol. The van der Waals surface area contributed by atoms with Gasteiger partial charge in [-0.25, -0.2) is 9.18 Å². The third-order valence-electron chi connectivity index (χ3n) is 1.56. The predicted octanol–water partition coefficient (Wildman–Crippen LogP) is 2.25. The van der Waals surface area contributed by atoms with Crippen molar-refractivity contribution in [3.8, 4) is 0 Å². The van der Waals surface area contributed by atoms with Crippen LogP contribution in [0.3, 0.4) is 0 Å². The number of halogens is 3. The molecule has 0 amide bonds. The van der Waals surface area contributed by atoms with Crippen LogP contribution in [0.25, 0.3) is 0 Å².